The summed E-state index contributed by atoms with van der Waals surface area (Å²) in [5.41, 5.74) is 1.25. The summed E-state index contributed by atoms with van der Waals surface area (Å²) in [6.45, 7) is 4.89. The Morgan fingerprint density at radius 3 is 2.61 bits per heavy atom. The number of nitrogens with one attached hydrogen (secondary N) is 1. The molecule has 0 radical (unpaired) electrons. The third kappa shape index (κ3) is 3.74. The zero-order valence-corrected chi connectivity index (χ0v) is 11.1. The van der Waals surface area contributed by atoms with Crippen molar-refractivity contribution in [2.75, 3.05) is 25.6 Å². The van der Waals surface area contributed by atoms with E-state index in [9.17, 15) is 9.90 Å². The molecule has 0 aliphatic rings. The van der Waals surface area contributed by atoms with Gasteiger partial charge in [0.2, 0.25) is 0 Å². The number of para-hydroxylation sites is 1. The number of hydrogen-bond donors (Lipinski definition) is 2. The molecule has 0 saturated heterocycles. The monoisotopic (exact) mass is 251 g/mol. The molecule has 0 heterocycles. The van der Waals surface area contributed by atoms with Gasteiger partial charge in [-0.15, -0.1) is 0 Å². The number of benzene rings is 1. The van der Waals surface area contributed by atoms with Crippen molar-refractivity contribution in [3.8, 4) is 0 Å². The van der Waals surface area contributed by atoms with Crippen LogP contribution < -0.4 is 5.32 Å². The fourth-order valence-electron chi connectivity index (χ4n) is 1.68. The average Bonchev–Trinajstić information content (AvgIpc) is 2.38. The number of aliphatic hydroxyl groups excluding tert-OH is 1. The number of esters is 1. The minimum Gasteiger partial charge on any atom is -0.465 e. The van der Waals surface area contributed by atoms with Gasteiger partial charge in [0.25, 0.3) is 0 Å². The summed E-state index contributed by atoms with van der Waals surface area (Å²) in [4.78, 5) is 11.6. The lowest BCUT2D eigenvalue weighted by molar-refractivity contribution is 0.0602. The zero-order valence-electron chi connectivity index (χ0n) is 11.1. The second-order valence-electron chi connectivity index (χ2n) is 4.60. The Morgan fingerprint density at radius 2 is 2.06 bits per heavy atom. The van der Waals surface area contributed by atoms with Gasteiger partial charge < -0.3 is 15.2 Å². The van der Waals surface area contributed by atoms with Gasteiger partial charge in [0.05, 0.1) is 12.7 Å². The quantitative estimate of drug-likeness (QED) is 0.761. The van der Waals surface area contributed by atoms with E-state index in [0.29, 0.717) is 18.0 Å². The van der Waals surface area contributed by atoms with Crippen LogP contribution in [0.4, 0.5) is 5.69 Å². The summed E-state index contributed by atoms with van der Waals surface area (Å²) in [7, 11) is 1.36. The molecular weight excluding hydrogens is 230 g/mol. The van der Waals surface area contributed by atoms with Gasteiger partial charge in [0.1, 0.15) is 0 Å². The second kappa shape index (κ2) is 7.01. The molecule has 0 fully saturated rings. The molecular formula is C14H21NO3. The third-order valence-corrected chi connectivity index (χ3v) is 3.06. The van der Waals surface area contributed by atoms with Crippen LogP contribution in [0, 0.1) is 11.8 Å². The summed E-state index contributed by atoms with van der Waals surface area (Å²) < 4.78 is 4.73. The van der Waals surface area contributed by atoms with E-state index in [1.165, 1.54) is 7.11 Å². The first kappa shape index (κ1) is 14.5. The Balaban J connectivity index is 2.75. The molecule has 2 N–H and O–H groups in total. The Kier molecular flexibility index (Phi) is 5.65. The lowest BCUT2D eigenvalue weighted by atomic mass is 9.96. The Labute approximate surface area is 108 Å². The van der Waals surface area contributed by atoms with Crippen LogP contribution in [-0.2, 0) is 4.74 Å². The zero-order chi connectivity index (χ0) is 13.5. The number of carbonyl (C=O) groups excluding carboxylic acids is 1. The molecule has 100 valence electrons. The molecule has 0 spiro atoms. The lowest BCUT2D eigenvalue weighted by Gasteiger charge is -2.20. The predicted molar refractivity (Wildman–Crippen MR) is 71.7 cm³/mol. The van der Waals surface area contributed by atoms with Crippen LogP contribution in [-0.4, -0.2) is 31.3 Å². The number of ether oxygens (including phenoxy) is 1. The first-order valence-corrected chi connectivity index (χ1v) is 6.12. The summed E-state index contributed by atoms with van der Waals surface area (Å²) >= 11 is 0. The lowest BCUT2D eigenvalue weighted by Crippen LogP contribution is -2.23. The van der Waals surface area contributed by atoms with Gasteiger partial charge in [-0.1, -0.05) is 26.0 Å². The van der Waals surface area contributed by atoms with E-state index in [-0.39, 0.29) is 18.5 Å². The summed E-state index contributed by atoms with van der Waals surface area (Å²) in [5.74, 6) is 0.187. The smallest absolute Gasteiger partial charge is 0.339 e. The molecule has 0 aromatic heterocycles. The molecule has 1 rings (SSSR count). The van der Waals surface area contributed by atoms with Crippen molar-refractivity contribution in [3.05, 3.63) is 29.8 Å². The van der Waals surface area contributed by atoms with Crippen LogP contribution in [0.15, 0.2) is 24.3 Å². The highest BCUT2D eigenvalue weighted by Crippen LogP contribution is 2.18. The highest BCUT2D eigenvalue weighted by molar-refractivity contribution is 5.95. The first-order valence-electron chi connectivity index (χ1n) is 6.12. The number of aliphatic hydroxyl groups is 1. The summed E-state index contributed by atoms with van der Waals surface area (Å²) in [6, 6.07) is 7.21. The summed E-state index contributed by atoms with van der Waals surface area (Å²) in [5, 5.41) is 12.5. The number of hydrogen-bond acceptors (Lipinski definition) is 4. The average molecular weight is 251 g/mol. The van der Waals surface area contributed by atoms with Gasteiger partial charge in [-0.25, -0.2) is 4.79 Å². The van der Waals surface area contributed by atoms with Crippen molar-refractivity contribution in [3.63, 3.8) is 0 Å². The topological polar surface area (TPSA) is 58.6 Å². The Morgan fingerprint density at radius 1 is 1.39 bits per heavy atom. The van der Waals surface area contributed by atoms with Gasteiger partial charge in [0.15, 0.2) is 0 Å². The number of rotatable bonds is 6. The van der Waals surface area contributed by atoms with Gasteiger partial charge >= 0.3 is 5.97 Å². The van der Waals surface area contributed by atoms with Gasteiger partial charge in [0, 0.05) is 24.8 Å². The van der Waals surface area contributed by atoms with Crippen molar-refractivity contribution in [1.29, 1.82) is 0 Å². The SMILES string of the molecule is COC(=O)c1ccccc1NCC(CO)C(C)C. The Hall–Kier alpha value is -1.55. The highest BCUT2D eigenvalue weighted by atomic mass is 16.5. The number of carbonyl (C=O) groups is 1. The minimum atomic E-state index is -0.358. The maximum Gasteiger partial charge on any atom is 0.339 e. The van der Waals surface area contributed by atoms with E-state index in [0.717, 1.165) is 5.69 Å². The molecule has 0 saturated carbocycles. The molecule has 0 amide bonds. The molecule has 1 atom stereocenters. The van der Waals surface area contributed by atoms with E-state index in [2.05, 4.69) is 19.2 Å². The molecule has 1 aromatic carbocycles. The van der Waals surface area contributed by atoms with Crippen LogP contribution in [0.5, 0.6) is 0 Å². The second-order valence-corrected chi connectivity index (χ2v) is 4.60. The van der Waals surface area contributed by atoms with Crippen molar-refractivity contribution >= 4 is 11.7 Å². The van der Waals surface area contributed by atoms with Crippen molar-refractivity contribution in [1.82, 2.24) is 0 Å². The number of anilines is 1. The van der Waals surface area contributed by atoms with Crippen molar-refractivity contribution in [2.24, 2.45) is 11.8 Å². The number of methoxy groups -OCH3 is 1. The maximum atomic E-state index is 11.6. The van der Waals surface area contributed by atoms with Gasteiger partial charge in [-0.3, -0.25) is 0 Å². The largest absolute Gasteiger partial charge is 0.465 e. The molecule has 0 bridgehead atoms. The molecule has 0 aliphatic heterocycles. The van der Waals surface area contributed by atoms with E-state index < -0.39 is 0 Å². The van der Waals surface area contributed by atoms with Crippen LogP contribution >= 0.6 is 0 Å². The fourth-order valence-corrected chi connectivity index (χ4v) is 1.68. The molecule has 18 heavy (non-hydrogen) atoms. The minimum absolute atomic E-state index is 0.130. The van der Waals surface area contributed by atoms with E-state index in [1.54, 1.807) is 12.1 Å². The van der Waals surface area contributed by atoms with Crippen LogP contribution in [0.3, 0.4) is 0 Å². The maximum absolute atomic E-state index is 11.6. The third-order valence-electron chi connectivity index (χ3n) is 3.06. The van der Waals surface area contributed by atoms with Crippen LogP contribution in [0.25, 0.3) is 0 Å². The van der Waals surface area contributed by atoms with E-state index in [1.807, 2.05) is 12.1 Å². The van der Waals surface area contributed by atoms with Gasteiger partial charge in [-0.2, -0.15) is 0 Å². The van der Waals surface area contributed by atoms with Crippen LogP contribution in [0.1, 0.15) is 24.2 Å². The molecule has 4 nitrogen and oxygen atoms in total. The molecule has 1 unspecified atom stereocenters. The predicted octanol–water partition coefficient (Wildman–Crippen LogP) is 2.15. The normalized spacial score (nSPS) is 12.3. The van der Waals surface area contributed by atoms with E-state index >= 15 is 0 Å². The molecule has 4 heteroatoms. The standard InChI is InChI=1S/C14H21NO3/c1-10(2)11(9-16)8-15-13-7-5-4-6-12(13)14(17)18-3/h4-7,10-11,15-16H,8-9H2,1-3H3. The van der Waals surface area contributed by atoms with E-state index in [4.69, 9.17) is 4.74 Å². The Bertz CT molecular complexity index is 390. The van der Waals surface area contributed by atoms with Crippen LogP contribution in [0.2, 0.25) is 0 Å². The summed E-state index contributed by atoms with van der Waals surface area (Å²) in [6.07, 6.45) is 0. The fraction of sp³-hybridized carbons (Fsp3) is 0.500. The highest BCUT2D eigenvalue weighted by Gasteiger charge is 2.14. The molecule has 1 aromatic rings. The molecule has 0 aliphatic carbocycles. The van der Waals surface area contributed by atoms with Gasteiger partial charge in [-0.05, 0) is 18.1 Å². The first-order chi connectivity index (χ1) is 8.60. The van der Waals surface area contributed by atoms with Crippen molar-refractivity contribution in [2.45, 2.75) is 13.8 Å². The van der Waals surface area contributed by atoms with Crippen molar-refractivity contribution < 1.29 is 14.6 Å².